The van der Waals surface area contributed by atoms with Gasteiger partial charge in [0.2, 0.25) is 0 Å². The number of hydrogen-bond acceptors (Lipinski definition) is 5. The summed E-state index contributed by atoms with van der Waals surface area (Å²) >= 11 is 3.15. The van der Waals surface area contributed by atoms with E-state index >= 15 is 0 Å². The van der Waals surface area contributed by atoms with Gasteiger partial charge in [0.1, 0.15) is 11.0 Å². The van der Waals surface area contributed by atoms with Crippen LogP contribution in [0.5, 0.6) is 0 Å². The van der Waals surface area contributed by atoms with E-state index in [0.29, 0.717) is 5.75 Å². The second kappa shape index (κ2) is 5.81. The zero-order valence-electron chi connectivity index (χ0n) is 12.1. The molecule has 1 atom stereocenters. The maximum absolute atomic E-state index is 10.9. The van der Waals surface area contributed by atoms with Crippen molar-refractivity contribution >= 4 is 29.1 Å². The molecule has 0 spiro atoms. The van der Waals surface area contributed by atoms with Gasteiger partial charge in [0, 0.05) is 21.3 Å². The van der Waals surface area contributed by atoms with Gasteiger partial charge in [-0.2, -0.15) is 0 Å². The SMILES string of the molecule is CC(C)(C)c1csc(CSC(C)(C)[C@H](N)C(=O)O)n1. The topological polar surface area (TPSA) is 76.2 Å². The molecule has 0 aliphatic carbocycles. The summed E-state index contributed by atoms with van der Waals surface area (Å²) < 4.78 is -0.514. The van der Waals surface area contributed by atoms with Crippen LogP contribution in [0.15, 0.2) is 5.38 Å². The lowest BCUT2D eigenvalue weighted by Crippen LogP contribution is -2.46. The van der Waals surface area contributed by atoms with Gasteiger partial charge >= 0.3 is 5.97 Å². The molecule has 0 radical (unpaired) electrons. The average Bonchev–Trinajstić information content (AvgIpc) is 2.73. The van der Waals surface area contributed by atoms with Gasteiger partial charge < -0.3 is 10.8 Å². The third-order valence-corrected chi connectivity index (χ3v) is 5.35. The maximum atomic E-state index is 10.9. The zero-order valence-corrected chi connectivity index (χ0v) is 13.7. The van der Waals surface area contributed by atoms with Gasteiger partial charge in [-0.1, -0.05) is 20.8 Å². The highest BCUT2D eigenvalue weighted by atomic mass is 32.2. The Morgan fingerprint density at radius 2 is 2.05 bits per heavy atom. The van der Waals surface area contributed by atoms with E-state index in [-0.39, 0.29) is 5.41 Å². The lowest BCUT2D eigenvalue weighted by molar-refractivity contribution is -0.139. The van der Waals surface area contributed by atoms with Gasteiger partial charge in [-0.15, -0.1) is 23.1 Å². The fourth-order valence-corrected chi connectivity index (χ4v) is 3.45. The number of carboxylic acids is 1. The second-order valence-electron chi connectivity index (χ2n) is 6.08. The van der Waals surface area contributed by atoms with Crippen LogP contribution in [0.3, 0.4) is 0 Å². The van der Waals surface area contributed by atoms with Crippen LogP contribution in [0.2, 0.25) is 0 Å². The van der Waals surface area contributed by atoms with Crippen molar-refractivity contribution in [1.29, 1.82) is 0 Å². The summed E-state index contributed by atoms with van der Waals surface area (Å²) in [6.45, 7) is 10.1. The van der Waals surface area contributed by atoms with E-state index in [9.17, 15) is 4.79 Å². The lowest BCUT2D eigenvalue weighted by Gasteiger charge is -2.27. The Kier molecular flexibility index (Phi) is 5.03. The molecule has 0 aromatic carbocycles. The Balaban J connectivity index is 2.67. The monoisotopic (exact) mass is 302 g/mol. The molecule has 3 N–H and O–H groups in total. The molecule has 108 valence electrons. The number of rotatable bonds is 5. The van der Waals surface area contributed by atoms with Crippen molar-refractivity contribution in [3.8, 4) is 0 Å². The Labute approximate surface area is 122 Å². The van der Waals surface area contributed by atoms with Crippen LogP contribution in [0.1, 0.15) is 45.3 Å². The number of carbonyl (C=O) groups is 1. The highest BCUT2D eigenvalue weighted by Crippen LogP contribution is 2.32. The van der Waals surface area contributed by atoms with Gasteiger partial charge in [0.25, 0.3) is 0 Å². The van der Waals surface area contributed by atoms with Crippen molar-refractivity contribution in [3.05, 3.63) is 16.1 Å². The number of nitrogens with two attached hydrogens (primary N) is 1. The van der Waals surface area contributed by atoms with Crippen LogP contribution in [-0.4, -0.2) is 26.8 Å². The van der Waals surface area contributed by atoms with Crippen LogP contribution in [0.25, 0.3) is 0 Å². The molecule has 6 heteroatoms. The molecule has 0 unspecified atom stereocenters. The van der Waals surface area contributed by atoms with E-state index in [2.05, 4.69) is 31.1 Å². The van der Waals surface area contributed by atoms with Gasteiger partial charge in [-0.05, 0) is 13.8 Å². The van der Waals surface area contributed by atoms with Gasteiger partial charge in [0.05, 0.1) is 5.69 Å². The van der Waals surface area contributed by atoms with E-state index in [1.807, 2.05) is 13.8 Å². The van der Waals surface area contributed by atoms with Gasteiger partial charge in [-0.25, -0.2) is 4.98 Å². The first-order valence-corrected chi connectivity index (χ1v) is 7.98. The van der Waals surface area contributed by atoms with E-state index < -0.39 is 16.8 Å². The summed E-state index contributed by atoms with van der Waals surface area (Å²) in [5, 5.41) is 12.1. The third-order valence-electron chi connectivity index (χ3n) is 2.90. The largest absolute Gasteiger partial charge is 0.480 e. The van der Waals surface area contributed by atoms with Crippen LogP contribution >= 0.6 is 23.1 Å². The fraction of sp³-hybridized carbons (Fsp3) is 0.692. The van der Waals surface area contributed by atoms with Crippen LogP contribution < -0.4 is 5.73 Å². The summed E-state index contributed by atoms with van der Waals surface area (Å²) in [5.74, 6) is -0.277. The van der Waals surface area contributed by atoms with E-state index in [1.54, 1.807) is 11.3 Å². The minimum Gasteiger partial charge on any atom is -0.480 e. The molecule has 1 rings (SSSR count). The number of nitrogens with zero attached hydrogens (tertiary/aromatic N) is 1. The van der Waals surface area contributed by atoms with Crippen molar-refractivity contribution in [1.82, 2.24) is 4.98 Å². The molecular formula is C13H22N2O2S2. The molecule has 0 saturated carbocycles. The quantitative estimate of drug-likeness (QED) is 0.874. The van der Waals surface area contributed by atoms with E-state index in [0.717, 1.165) is 10.7 Å². The van der Waals surface area contributed by atoms with Gasteiger partial charge in [0.15, 0.2) is 0 Å². The molecule has 0 saturated heterocycles. The second-order valence-corrected chi connectivity index (χ2v) is 8.66. The first-order chi connectivity index (χ1) is 8.54. The zero-order chi connectivity index (χ0) is 14.8. The van der Waals surface area contributed by atoms with Crippen molar-refractivity contribution in [3.63, 3.8) is 0 Å². The Morgan fingerprint density at radius 1 is 1.47 bits per heavy atom. The van der Waals surface area contributed by atoms with Crippen molar-refractivity contribution in [2.45, 2.75) is 56.6 Å². The number of aliphatic carboxylic acids is 1. The minimum atomic E-state index is -0.966. The predicted molar refractivity (Wildman–Crippen MR) is 81.8 cm³/mol. The number of thiazole rings is 1. The predicted octanol–water partition coefficient (Wildman–Crippen LogP) is 2.86. The third kappa shape index (κ3) is 4.47. The smallest absolute Gasteiger partial charge is 0.321 e. The Morgan fingerprint density at radius 3 is 2.47 bits per heavy atom. The number of thioether (sulfide) groups is 1. The van der Waals surface area contributed by atoms with Crippen LogP contribution in [-0.2, 0) is 16.0 Å². The molecular weight excluding hydrogens is 280 g/mol. The number of carboxylic acid groups (broad SMARTS) is 1. The standard InChI is InChI=1S/C13H22N2O2S2/c1-12(2,3)8-6-18-9(15-8)7-19-13(4,5)10(14)11(16)17/h6,10H,7,14H2,1-5H3,(H,16,17)/t10-/m1/s1. The van der Waals surface area contributed by atoms with Gasteiger partial charge in [-0.3, -0.25) is 4.79 Å². The summed E-state index contributed by atoms with van der Waals surface area (Å²) in [6, 6.07) is -0.875. The van der Waals surface area contributed by atoms with Crippen molar-refractivity contribution in [2.24, 2.45) is 5.73 Å². The molecule has 0 aliphatic heterocycles. The summed E-state index contributed by atoms with van der Waals surface area (Å²) in [6.07, 6.45) is 0. The van der Waals surface area contributed by atoms with Crippen LogP contribution in [0.4, 0.5) is 0 Å². The molecule has 0 bridgehead atoms. The molecule has 0 amide bonds. The maximum Gasteiger partial charge on any atom is 0.321 e. The summed E-state index contributed by atoms with van der Waals surface area (Å²) in [4.78, 5) is 15.5. The minimum absolute atomic E-state index is 0.0480. The van der Waals surface area contributed by atoms with Crippen LogP contribution in [0, 0.1) is 0 Å². The van der Waals surface area contributed by atoms with Crippen molar-refractivity contribution < 1.29 is 9.90 Å². The number of hydrogen-bond donors (Lipinski definition) is 2. The highest BCUT2D eigenvalue weighted by molar-refractivity contribution is 8.00. The summed E-state index contributed by atoms with van der Waals surface area (Å²) in [7, 11) is 0. The summed E-state index contributed by atoms with van der Waals surface area (Å²) in [5.41, 5.74) is 6.82. The normalized spacial score (nSPS) is 14.4. The first kappa shape index (κ1) is 16.5. The van der Waals surface area contributed by atoms with E-state index in [1.165, 1.54) is 11.8 Å². The average molecular weight is 302 g/mol. The molecule has 4 nitrogen and oxygen atoms in total. The molecule has 19 heavy (non-hydrogen) atoms. The molecule has 1 aromatic rings. The van der Waals surface area contributed by atoms with E-state index in [4.69, 9.17) is 10.8 Å². The molecule has 0 aliphatic rings. The molecule has 0 fully saturated rings. The highest BCUT2D eigenvalue weighted by Gasteiger charge is 2.32. The lowest BCUT2D eigenvalue weighted by atomic mass is 9.93. The first-order valence-electron chi connectivity index (χ1n) is 6.11. The Hall–Kier alpha value is -0.590. The molecule has 1 heterocycles. The molecule has 1 aromatic heterocycles. The van der Waals surface area contributed by atoms with Crippen molar-refractivity contribution in [2.75, 3.05) is 0 Å². The number of aromatic nitrogens is 1. The fourth-order valence-electron chi connectivity index (χ4n) is 1.36. The Bertz CT molecular complexity index is 450.